The molecule has 0 bridgehead atoms. The number of hydrogen-bond donors (Lipinski definition) is 1. The van der Waals surface area contributed by atoms with Crippen molar-refractivity contribution in [1.29, 1.82) is 0 Å². The summed E-state index contributed by atoms with van der Waals surface area (Å²) in [5, 5.41) is 0.794. The van der Waals surface area contributed by atoms with Gasteiger partial charge in [0.15, 0.2) is 0 Å². The van der Waals surface area contributed by atoms with Crippen LogP contribution in [0.2, 0.25) is 0 Å². The molecule has 1 aliphatic rings. The molecule has 0 saturated heterocycles. The van der Waals surface area contributed by atoms with Crippen molar-refractivity contribution in [2.24, 2.45) is 5.73 Å². The lowest BCUT2D eigenvalue weighted by atomic mass is 9.91. The maximum Gasteiger partial charge on any atom is 0.133 e. The van der Waals surface area contributed by atoms with Crippen LogP contribution in [0, 0.1) is 12.7 Å². The lowest BCUT2D eigenvalue weighted by molar-refractivity contribution is 0.554. The van der Waals surface area contributed by atoms with Crippen molar-refractivity contribution in [3.8, 4) is 10.6 Å². The number of rotatable bonds is 2. The van der Waals surface area contributed by atoms with Crippen LogP contribution < -0.4 is 5.73 Å². The van der Waals surface area contributed by atoms with Crippen LogP contribution in [0.3, 0.4) is 0 Å². The molecule has 0 fully saturated rings. The average molecular weight is 276 g/mol. The SMILES string of the molecule is Cc1ccc(-c2nc3c(s2)CCCC3CN)c(F)c1. The minimum absolute atomic E-state index is 0.185. The fourth-order valence-electron chi connectivity index (χ4n) is 2.65. The van der Waals surface area contributed by atoms with E-state index in [2.05, 4.69) is 4.98 Å². The minimum atomic E-state index is -0.185. The van der Waals surface area contributed by atoms with Crippen LogP contribution in [0.15, 0.2) is 18.2 Å². The van der Waals surface area contributed by atoms with Crippen molar-refractivity contribution >= 4 is 11.3 Å². The second-order valence-electron chi connectivity index (χ2n) is 5.14. The summed E-state index contributed by atoms with van der Waals surface area (Å²) < 4.78 is 14.0. The van der Waals surface area contributed by atoms with Crippen LogP contribution in [0.4, 0.5) is 4.39 Å². The van der Waals surface area contributed by atoms with Gasteiger partial charge in [0.05, 0.1) is 5.69 Å². The van der Waals surface area contributed by atoms with Crippen molar-refractivity contribution in [1.82, 2.24) is 4.98 Å². The van der Waals surface area contributed by atoms with E-state index in [9.17, 15) is 4.39 Å². The number of nitrogens with two attached hydrogens (primary N) is 1. The van der Waals surface area contributed by atoms with Crippen LogP contribution in [0.25, 0.3) is 10.6 Å². The van der Waals surface area contributed by atoms with E-state index in [-0.39, 0.29) is 5.82 Å². The van der Waals surface area contributed by atoms with E-state index in [0.29, 0.717) is 18.0 Å². The van der Waals surface area contributed by atoms with E-state index in [4.69, 9.17) is 5.73 Å². The maximum absolute atomic E-state index is 14.0. The van der Waals surface area contributed by atoms with Gasteiger partial charge in [-0.15, -0.1) is 11.3 Å². The first kappa shape index (κ1) is 12.8. The van der Waals surface area contributed by atoms with Crippen molar-refractivity contribution < 1.29 is 4.39 Å². The third-order valence-electron chi connectivity index (χ3n) is 3.71. The third kappa shape index (κ3) is 2.30. The molecule has 4 heteroatoms. The van der Waals surface area contributed by atoms with Gasteiger partial charge in [-0.05, 0) is 43.9 Å². The van der Waals surface area contributed by atoms with Crippen molar-refractivity contribution in [2.45, 2.75) is 32.1 Å². The Morgan fingerprint density at radius 3 is 3.05 bits per heavy atom. The molecule has 0 saturated carbocycles. The van der Waals surface area contributed by atoms with Gasteiger partial charge in [-0.2, -0.15) is 0 Å². The highest BCUT2D eigenvalue weighted by molar-refractivity contribution is 7.15. The van der Waals surface area contributed by atoms with E-state index in [0.717, 1.165) is 35.5 Å². The summed E-state index contributed by atoms with van der Waals surface area (Å²) in [5.41, 5.74) is 8.46. The molecular weight excluding hydrogens is 259 g/mol. The third-order valence-corrected chi connectivity index (χ3v) is 4.87. The van der Waals surface area contributed by atoms with Gasteiger partial charge in [-0.25, -0.2) is 9.37 Å². The summed E-state index contributed by atoms with van der Waals surface area (Å²) in [5.74, 6) is 0.164. The molecule has 1 aliphatic carbocycles. The Hall–Kier alpha value is -1.26. The standard InChI is InChI=1S/C15H17FN2S/c1-9-5-6-11(12(16)7-9)15-18-14-10(8-17)3-2-4-13(14)19-15/h5-7,10H,2-4,8,17H2,1H3. The fourth-order valence-corrected chi connectivity index (χ4v) is 3.86. The topological polar surface area (TPSA) is 38.9 Å². The highest BCUT2D eigenvalue weighted by Gasteiger charge is 2.24. The van der Waals surface area contributed by atoms with Gasteiger partial charge in [0, 0.05) is 22.9 Å². The summed E-state index contributed by atoms with van der Waals surface area (Å²) in [6.07, 6.45) is 3.31. The Balaban J connectivity index is 2.05. The Bertz CT molecular complexity index is 606. The number of fused-ring (bicyclic) bond motifs is 1. The predicted octanol–water partition coefficient (Wildman–Crippen LogP) is 3.64. The summed E-state index contributed by atoms with van der Waals surface area (Å²) in [7, 11) is 0. The summed E-state index contributed by atoms with van der Waals surface area (Å²) in [6, 6.07) is 5.32. The number of halogens is 1. The van der Waals surface area contributed by atoms with Crippen molar-refractivity contribution in [3.63, 3.8) is 0 Å². The largest absolute Gasteiger partial charge is 0.330 e. The van der Waals surface area contributed by atoms with Gasteiger partial charge < -0.3 is 5.73 Å². The van der Waals surface area contributed by atoms with Gasteiger partial charge in [0.2, 0.25) is 0 Å². The molecule has 3 rings (SSSR count). The van der Waals surface area contributed by atoms with Crippen LogP contribution in [0.5, 0.6) is 0 Å². The Morgan fingerprint density at radius 2 is 2.32 bits per heavy atom. The number of aryl methyl sites for hydroxylation is 2. The normalized spacial score (nSPS) is 18.4. The minimum Gasteiger partial charge on any atom is -0.330 e. The number of nitrogens with zero attached hydrogens (tertiary/aromatic N) is 1. The second kappa shape index (κ2) is 5.02. The average Bonchev–Trinajstić information content (AvgIpc) is 2.81. The molecule has 1 atom stereocenters. The first-order chi connectivity index (χ1) is 9.19. The Kier molecular flexibility index (Phi) is 3.37. The zero-order valence-corrected chi connectivity index (χ0v) is 11.8. The van der Waals surface area contributed by atoms with Crippen LogP contribution in [0.1, 0.15) is 34.9 Å². The monoisotopic (exact) mass is 276 g/mol. The molecule has 1 aromatic heterocycles. The lowest BCUT2D eigenvalue weighted by Crippen LogP contribution is -2.17. The summed E-state index contributed by atoms with van der Waals surface area (Å²) >= 11 is 1.62. The first-order valence-electron chi connectivity index (χ1n) is 6.65. The molecule has 2 aromatic rings. The van der Waals surface area contributed by atoms with E-state index in [1.807, 2.05) is 19.1 Å². The van der Waals surface area contributed by atoms with Crippen LogP contribution >= 0.6 is 11.3 Å². The summed E-state index contributed by atoms with van der Waals surface area (Å²) in [4.78, 5) is 5.95. The molecule has 2 N–H and O–H groups in total. The maximum atomic E-state index is 14.0. The molecule has 1 aromatic carbocycles. The zero-order chi connectivity index (χ0) is 13.4. The van der Waals surface area contributed by atoms with E-state index < -0.39 is 0 Å². The highest BCUT2D eigenvalue weighted by atomic mass is 32.1. The molecule has 1 unspecified atom stereocenters. The van der Waals surface area contributed by atoms with Crippen LogP contribution in [-0.2, 0) is 6.42 Å². The van der Waals surface area contributed by atoms with E-state index in [1.165, 1.54) is 4.88 Å². The predicted molar refractivity (Wildman–Crippen MR) is 77.0 cm³/mol. The first-order valence-corrected chi connectivity index (χ1v) is 7.47. The lowest BCUT2D eigenvalue weighted by Gasteiger charge is -2.18. The molecule has 1 heterocycles. The molecule has 19 heavy (non-hydrogen) atoms. The summed E-state index contributed by atoms with van der Waals surface area (Å²) in [6.45, 7) is 2.52. The number of benzene rings is 1. The van der Waals surface area contributed by atoms with Gasteiger partial charge in [-0.1, -0.05) is 6.07 Å². The molecule has 2 nitrogen and oxygen atoms in total. The van der Waals surface area contributed by atoms with Crippen LogP contribution in [-0.4, -0.2) is 11.5 Å². The smallest absolute Gasteiger partial charge is 0.133 e. The zero-order valence-electron chi connectivity index (χ0n) is 10.9. The Labute approximate surface area is 116 Å². The molecule has 0 amide bonds. The number of aromatic nitrogens is 1. The quantitative estimate of drug-likeness (QED) is 0.909. The highest BCUT2D eigenvalue weighted by Crippen LogP contribution is 2.38. The van der Waals surface area contributed by atoms with E-state index in [1.54, 1.807) is 17.4 Å². The van der Waals surface area contributed by atoms with Gasteiger partial charge >= 0.3 is 0 Å². The number of thiazole rings is 1. The van der Waals surface area contributed by atoms with E-state index >= 15 is 0 Å². The number of hydrogen-bond acceptors (Lipinski definition) is 3. The van der Waals surface area contributed by atoms with Gasteiger partial charge in [0.1, 0.15) is 10.8 Å². The molecule has 0 radical (unpaired) electrons. The fraction of sp³-hybridized carbons (Fsp3) is 0.400. The van der Waals surface area contributed by atoms with Gasteiger partial charge in [-0.3, -0.25) is 0 Å². The molecular formula is C15H17FN2S. The Morgan fingerprint density at radius 1 is 1.47 bits per heavy atom. The molecule has 100 valence electrons. The van der Waals surface area contributed by atoms with Crippen molar-refractivity contribution in [2.75, 3.05) is 6.54 Å². The molecule has 0 spiro atoms. The van der Waals surface area contributed by atoms with Gasteiger partial charge in [0.25, 0.3) is 0 Å². The molecule has 0 aliphatic heterocycles. The second-order valence-corrected chi connectivity index (χ2v) is 6.22. The van der Waals surface area contributed by atoms with Crippen molar-refractivity contribution in [3.05, 3.63) is 40.2 Å².